The lowest BCUT2D eigenvalue weighted by Crippen LogP contribution is -2.43. The van der Waals surface area contributed by atoms with Crippen LogP contribution in [0.15, 0.2) is 66.7 Å². The Hall–Kier alpha value is -2.88. The summed E-state index contributed by atoms with van der Waals surface area (Å²) in [6.45, 7) is 3.88. The fraction of sp³-hybridized carbons (Fsp3) is 0.304. The summed E-state index contributed by atoms with van der Waals surface area (Å²) in [5.41, 5.74) is 0.476. The first-order chi connectivity index (χ1) is 13.1. The van der Waals surface area contributed by atoms with Gasteiger partial charge in [0.15, 0.2) is 5.41 Å². The van der Waals surface area contributed by atoms with Crippen LogP contribution in [0.2, 0.25) is 0 Å². The number of ether oxygens (including phenoxy) is 2. The lowest BCUT2D eigenvalue weighted by Gasteiger charge is -2.28. The third-order valence-electron chi connectivity index (χ3n) is 4.26. The van der Waals surface area contributed by atoms with Crippen LogP contribution in [0.25, 0.3) is 6.08 Å². The van der Waals surface area contributed by atoms with Crippen LogP contribution >= 0.6 is 0 Å². The molecule has 0 aliphatic carbocycles. The minimum atomic E-state index is -1.40. The maximum Gasteiger partial charge on any atom is 0.324 e. The molecule has 0 spiro atoms. The molecular formula is C23H26O4. The Morgan fingerprint density at radius 1 is 0.852 bits per heavy atom. The van der Waals surface area contributed by atoms with E-state index in [1.165, 1.54) is 0 Å². The summed E-state index contributed by atoms with van der Waals surface area (Å²) < 4.78 is 10.6. The number of hydrogen-bond donors (Lipinski definition) is 0. The molecule has 0 unspecified atom stereocenters. The fourth-order valence-corrected chi connectivity index (χ4v) is 2.91. The molecular weight excluding hydrogens is 340 g/mol. The summed E-state index contributed by atoms with van der Waals surface area (Å²) in [6.07, 6.45) is 4.17. The lowest BCUT2D eigenvalue weighted by molar-refractivity contribution is -0.171. The maximum atomic E-state index is 12.9. The van der Waals surface area contributed by atoms with E-state index >= 15 is 0 Å². The van der Waals surface area contributed by atoms with Crippen LogP contribution in [0.5, 0.6) is 0 Å². The molecule has 0 atom stereocenters. The summed E-state index contributed by atoms with van der Waals surface area (Å²) in [5.74, 6) is -1.10. The number of carbonyl (C=O) groups excluding carboxylic acids is 2. The first kappa shape index (κ1) is 20.4. The Morgan fingerprint density at radius 2 is 1.37 bits per heavy atom. The van der Waals surface area contributed by atoms with Gasteiger partial charge in [0.1, 0.15) is 0 Å². The maximum absolute atomic E-state index is 12.9. The van der Waals surface area contributed by atoms with E-state index in [9.17, 15) is 9.59 Å². The van der Waals surface area contributed by atoms with Gasteiger partial charge in [0, 0.05) is 0 Å². The van der Waals surface area contributed by atoms with Crippen LogP contribution in [0.1, 0.15) is 31.4 Å². The van der Waals surface area contributed by atoms with Gasteiger partial charge >= 0.3 is 11.9 Å². The molecule has 142 valence electrons. The van der Waals surface area contributed by atoms with E-state index in [2.05, 4.69) is 0 Å². The monoisotopic (exact) mass is 366 g/mol. The molecule has 0 aliphatic rings. The van der Waals surface area contributed by atoms with Gasteiger partial charge in [-0.25, -0.2) is 0 Å². The molecule has 4 heteroatoms. The molecule has 2 aromatic carbocycles. The van der Waals surface area contributed by atoms with Crippen molar-refractivity contribution < 1.29 is 19.1 Å². The van der Waals surface area contributed by atoms with Crippen molar-refractivity contribution in [2.75, 3.05) is 13.2 Å². The zero-order valence-electron chi connectivity index (χ0n) is 15.9. The topological polar surface area (TPSA) is 52.6 Å². The Morgan fingerprint density at radius 3 is 1.89 bits per heavy atom. The minimum absolute atomic E-state index is 0.203. The molecule has 2 aromatic rings. The summed E-state index contributed by atoms with van der Waals surface area (Å²) in [7, 11) is 0. The second-order valence-electron chi connectivity index (χ2n) is 6.20. The van der Waals surface area contributed by atoms with Gasteiger partial charge in [-0.3, -0.25) is 9.59 Å². The molecule has 0 amide bonds. The highest BCUT2D eigenvalue weighted by atomic mass is 16.6. The fourth-order valence-electron chi connectivity index (χ4n) is 2.91. The smallest absolute Gasteiger partial charge is 0.324 e. The predicted molar refractivity (Wildman–Crippen MR) is 106 cm³/mol. The zero-order valence-corrected chi connectivity index (χ0v) is 15.9. The number of esters is 2. The highest BCUT2D eigenvalue weighted by Crippen LogP contribution is 2.32. The van der Waals surface area contributed by atoms with Crippen LogP contribution in [0.4, 0.5) is 0 Å². The Balaban J connectivity index is 2.37. The molecule has 0 aliphatic heterocycles. The van der Waals surface area contributed by atoms with Crippen LogP contribution in [0, 0.1) is 5.41 Å². The van der Waals surface area contributed by atoms with E-state index in [0.29, 0.717) is 0 Å². The van der Waals surface area contributed by atoms with Gasteiger partial charge in [0.05, 0.1) is 13.2 Å². The molecule has 0 saturated heterocycles. The van der Waals surface area contributed by atoms with Crippen molar-refractivity contribution in [1.29, 1.82) is 0 Å². The van der Waals surface area contributed by atoms with Gasteiger partial charge in [-0.15, -0.1) is 0 Å². The van der Waals surface area contributed by atoms with Gasteiger partial charge < -0.3 is 9.47 Å². The van der Waals surface area contributed by atoms with Crippen LogP contribution in [-0.4, -0.2) is 25.2 Å². The van der Waals surface area contributed by atoms with Crippen LogP contribution < -0.4 is 0 Å². The number of hydrogen-bond acceptors (Lipinski definition) is 4. The van der Waals surface area contributed by atoms with Crippen molar-refractivity contribution in [3.8, 4) is 0 Å². The molecule has 0 fully saturated rings. The average molecular weight is 366 g/mol. The van der Waals surface area contributed by atoms with Crippen molar-refractivity contribution in [3.63, 3.8) is 0 Å². The summed E-state index contributed by atoms with van der Waals surface area (Å²) in [4.78, 5) is 25.7. The molecule has 0 saturated carbocycles. The van der Waals surface area contributed by atoms with Crippen LogP contribution in [0.3, 0.4) is 0 Å². The van der Waals surface area contributed by atoms with Crippen molar-refractivity contribution in [2.45, 2.75) is 26.7 Å². The first-order valence-corrected chi connectivity index (χ1v) is 9.22. The van der Waals surface area contributed by atoms with Crippen molar-refractivity contribution >= 4 is 18.0 Å². The van der Waals surface area contributed by atoms with E-state index in [0.717, 1.165) is 11.1 Å². The largest absolute Gasteiger partial charge is 0.465 e. The van der Waals surface area contributed by atoms with Gasteiger partial charge in [0.25, 0.3) is 0 Å². The van der Waals surface area contributed by atoms with Crippen molar-refractivity contribution in [2.24, 2.45) is 5.41 Å². The molecule has 0 bridgehead atoms. The summed E-state index contributed by atoms with van der Waals surface area (Å²) >= 11 is 0. The quantitative estimate of drug-likeness (QED) is 0.486. The van der Waals surface area contributed by atoms with Gasteiger partial charge in [-0.2, -0.15) is 0 Å². The second-order valence-corrected chi connectivity index (χ2v) is 6.20. The third-order valence-corrected chi connectivity index (χ3v) is 4.26. The highest BCUT2D eigenvalue weighted by Gasteiger charge is 2.48. The van der Waals surface area contributed by atoms with Gasteiger partial charge in [0.2, 0.25) is 0 Å². The SMILES string of the molecule is CCOC(=O)C(C/C=C/c1ccccc1)(Cc1ccccc1)C(=O)OCC. The first-order valence-electron chi connectivity index (χ1n) is 9.22. The Bertz CT molecular complexity index is 732. The summed E-state index contributed by atoms with van der Waals surface area (Å²) in [5, 5.41) is 0. The molecule has 27 heavy (non-hydrogen) atoms. The Kier molecular flexibility index (Phi) is 7.80. The van der Waals surface area contributed by atoms with E-state index in [1.807, 2.05) is 72.8 Å². The summed E-state index contributed by atoms with van der Waals surface area (Å²) in [6, 6.07) is 19.2. The minimum Gasteiger partial charge on any atom is -0.465 e. The molecule has 4 nitrogen and oxygen atoms in total. The number of rotatable bonds is 9. The normalized spacial score (nSPS) is 11.3. The average Bonchev–Trinajstić information content (AvgIpc) is 2.69. The third kappa shape index (κ3) is 5.55. The molecule has 0 aromatic heterocycles. The van der Waals surface area contributed by atoms with Gasteiger partial charge in [-0.1, -0.05) is 72.8 Å². The molecule has 2 rings (SSSR count). The molecule has 0 N–H and O–H groups in total. The highest BCUT2D eigenvalue weighted by molar-refractivity contribution is 6.00. The lowest BCUT2D eigenvalue weighted by atomic mass is 9.78. The second kappa shape index (κ2) is 10.3. The van der Waals surface area contributed by atoms with Crippen molar-refractivity contribution in [1.82, 2.24) is 0 Å². The number of allylic oxidation sites excluding steroid dienone is 1. The van der Waals surface area contributed by atoms with Gasteiger partial charge in [-0.05, 0) is 37.8 Å². The van der Waals surface area contributed by atoms with Crippen LogP contribution in [-0.2, 0) is 25.5 Å². The molecule has 0 radical (unpaired) electrons. The van der Waals surface area contributed by atoms with E-state index in [1.54, 1.807) is 13.8 Å². The van der Waals surface area contributed by atoms with E-state index < -0.39 is 17.4 Å². The van der Waals surface area contributed by atoms with Crippen molar-refractivity contribution in [3.05, 3.63) is 77.9 Å². The predicted octanol–water partition coefficient (Wildman–Crippen LogP) is 4.45. The van der Waals surface area contributed by atoms with E-state index in [-0.39, 0.29) is 26.1 Å². The number of carbonyl (C=O) groups is 2. The molecule has 0 heterocycles. The number of benzene rings is 2. The standard InChI is InChI=1S/C23H26O4/c1-3-26-21(24)23(22(25)27-4-2,18-20-14-9-6-10-15-20)17-11-16-19-12-7-5-8-13-19/h5-16H,3-4,17-18H2,1-2H3/b16-11+. The zero-order chi connectivity index (χ0) is 19.5. The Labute approximate surface area is 160 Å². The van der Waals surface area contributed by atoms with E-state index in [4.69, 9.17) is 9.47 Å².